The van der Waals surface area contributed by atoms with Crippen LogP contribution in [-0.2, 0) is 0 Å². The summed E-state index contributed by atoms with van der Waals surface area (Å²) < 4.78 is 2.51. The van der Waals surface area contributed by atoms with Gasteiger partial charge in [0, 0.05) is 21.4 Å². The molecule has 0 aliphatic carbocycles. The van der Waals surface area contributed by atoms with Gasteiger partial charge in [-0.1, -0.05) is 17.7 Å². The number of carbonyl (C=O) groups is 1. The van der Waals surface area contributed by atoms with E-state index in [9.17, 15) is 4.79 Å². The molecule has 0 unspecified atom stereocenters. The maximum atomic E-state index is 12.0. The summed E-state index contributed by atoms with van der Waals surface area (Å²) in [5, 5.41) is 13.8. The van der Waals surface area contributed by atoms with E-state index in [4.69, 9.17) is 11.6 Å². The monoisotopic (exact) mass is 365 g/mol. The molecule has 0 saturated carbocycles. The smallest absolute Gasteiger partial charge is 0.308 e. The Labute approximate surface area is 133 Å². The minimum absolute atomic E-state index is 0.389. The molecule has 0 bridgehead atoms. The van der Waals surface area contributed by atoms with Gasteiger partial charge in [-0.25, -0.2) is 4.79 Å². The van der Waals surface area contributed by atoms with Gasteiger partial charge in [-0.15, -0.1) is 10.2 Å². The molecular weight excluding hydrogens is 358 g/mol. The van der Waals surface area contributed by atoms with E-state index in [1.54, 1.807) is 47.3 Å². The zero-order chi connectivity index (χ0) is 14.8. The molecule has 0 radical (unpaired) electrons. The largest absolute Gasteiger partial charge is 0.323 e. The summed E-state index contributed by atoms with van der Waals surface area (Å²) in [4.78, 5) is 12.0. The standard InChI is InChI=1S/C13H9BrClN5O/c14-8-4-11(12-19-16-7-20(12)6-8)18-13(21)17-10-3-1-2-9(15)5-10/h1-7H,(H2,17,18,21). The van der Waals surface area contributed by atoms with Crippen molar-refractivity contribution >= 4 is 50.6 Å². The van der Waals surface area contributed by atoms with Crippen molar-refractivity contribution in [3.05, 3.63) is 52.4 Å². The van der Waals surface area contributed by atoms with Gasteiger partial charge in [-0.2, -0.15) is 0 Å². The van der Waals surface area contributed by atoms with Crippen LogP contribution < -0.4 is 10.6 Å². The molecule has 0 fully saturated rings. The lowest BCUT2D eigenvalue weighted by atomic mass is 10.3. The van der Waals surface area contributed by atoms with Crippen molar-refractivity contribution in [2.75, 3.05) is 10.6 Å². The number of nitrogens with one attached hydrogen (secondary N) is 2. The van der Waals surface area contributed by atoms with Crippen LogP contribution in [0.3, 0.4) is 0 Å². The second-order valence-corrected chi connectivity index (χ2v) is 5.58. The number of pyridine rings is 1. The quantitative estimate of drug-likeness (QED) is 0.725. The lowest BCUT2D eigenvalue weighted by Crippen LogP contribution is -2.19. The fourth-order valence-electron chi connectivity index (χ4n) is 1.85. The lowest BCUT2D eigenvalue weighted by Gasteiger charge is -2.09. The van der Waals surface area contributed by atoms with Crippen LogP contribution in [0.15, 0.2) is 47.3 Å². The fourth-order valence-corrected chi connectivity index (χ4v) is 2.49. The first-order valence-electron chi connectivity index (χ1n) is 5.94. The third-order valence-corrected chi connectivity index (χ3v) is 3.36. The Kier molecular flexibility index (Phi) is 3.76. The summed E-state index contributed by atoms with van der Waals surface area (Å²) in [7, 11) is 0. The molecule has 0 atom stereocenters. The van der Waals surface area contributed by atoms with E-state index in [0.717, 1.165) is 4.47 Å². The average molecular weight is 367 g/mol. The van der Waals surface area contributed by atoms with E-state index in [1.165, 1.54) is 0 Å². The Morgan fingerprint density at radius 1 is 1.29 bits per heavy atom. The van der Waals surface area contributed by atoms with Crippen LogP contribution in [-0.4, -0.2) is 20.6 Å². The third-order valence-electron chi connectivity index (χ3n) is 2.69. The number of halogens is 2. The Hall–Kier alpha value is -2.12. The number of amides is 2. The van der Waals surface area contributed by atoms with Gasteiger partial charge < -0.3 is 10.6 Å². The van der Waals surface area contributed by atoms with Gasteiger partial charge in [-0.05, 0) is 40.2 Å². The highest BCUT2D eigenvalue weighted by molar-refractivity contribution is 9.10. The van der Waals surface area contributed by atoms with Gasteiger partial charge >= 0.3 is 6.03 Å². The van der Waals surface area contributed by atoms with Crippen LogP contribution in [0, 0.1) is 0 Å². The zero-order valence-corrected chi connectivity index (χ0v) is 12.9. The van der Waals surface area contributed by atoms with Crippen LogP contribution in [0.4, 0.5) is 16.2 Å². The van der Waals surface area contributed by atoms with Crippen LogP contribution >= 0.6 is 27.5 Å². The molecule has 106 valence electrons. The molecule has 3 rings (SSSR count). The molecule has 0 aliphatic heterocycles. The summed E-state index contributed by atoms with van der Waals surface area (Å²) in [5.74, 6) is 0. The van der Waals surface area contributed by atoms with Crippen molar-refractivity contribution in [3.63, 3.8) is 0 Å². The topological polar surface area (TPSA) is 71.3 Å². The number of carbonyl (C=O) groups excluding carboxylic acids is 1. The molecule has 3 aromatic rings. The van der Waals surface area contributed by atoms with Crippen LogP contribution in [0.1, 0.15) is 0 Å². The van der Waals surface area contributed by atoms with Crippen molar-refractivity contribution in [2.45, 2.75) is 0 Å². The van der Waals surface area contributed by atoms with Crippen molar-refractivity contribution in [3.8, 4) is 0 Å². The molecular formula is C13H9BrClN5O. The normalized spacial score (nSPS) is 10.6. The number of urea groups is 1. The molecule has 0 aliphatic rings. The number of nitrogens with zero attached hydrogens (tertiary/aromatic N) is 3. The number of hydrogen-bond acceptors (Lipinski definition) is 3. The highest BCUT2D eigenvalue weighted by Crippen LogP contribution is 2.21. The lowest BCUT2D eigenvalue weighted by molar-refractivity contribution is 0.262. The maximum absolute atomic E-state index is 12.0. The number of benzene rings is 1. The van der Waals surface area contributed by atoms with Gasteiger partial charge in [0.15, 0.2) is 5.65 Å². The Balaban J connectivity index is 1.82. The molecule has 1 aromatic carbocycles. The first-order chi connectivity index (χ1) is 10.1. The van der Waals surface area contributed by atoms with E-state index >= 15 is 0 Å². The van der Waals surface area contributed by atoms with E-state index in [0.29, 0.717) is 22.0 Å². The van der Waals surface area contributed by atoms with Crippen molar-refractivity contribution < 1.29 is 4.79 Å². The van der Waals surface area contributed by atoms with Crippen molar-refractivity contribution in [1.29, 1.82) is 0 Å². The minimum atomic E-state index is -0.389. The predicted molar refractivity (Wildman–Crippen MR) is 84.8 cm³/mol. The number of hydrogen-bond donors (Lipinski definition) is 2. The van der Waals surface area contributed by atoms with Crippen LogP contribution in [0.5, 0.6) is 0 Å². The predicted octanol–water partition coefficient (Wildman–Crippen LogP) is 3.79. The number of fused-ring (bicyclic) bond motifs is 1. The van der Waals surface area contributed by atoms with Crippen molar-refractivity contribution in [2.24, 2.45) is 0 Å². The zero-order valence-electron chi connectivity index (χ0n) is 10.5. The summed E-state index contributed by atoms with van der Waals surface area (Å²) >= 11 is 9.24. The van der Waals surface area contributed by atoms with E-state index < -0.39 is 0 Å². The molecule has 6 nitrogen and oxygen atoms in total. The molecule has 2 heterocycles. The van der Waals surface area contributed by atoms with Gasteiger partial charge in [0.05, 0.1) is 5.69 Å². The van der Waals surface area contributed by atoms with Gasteiger partial charge in [-0.3, -0.25) is 4.40 Å². The number of anilines is 2. The highest BCUT2D eigenvalue weighted by Gasteiger charge is 2.09. The van der Waals surface area contributed by atoms with Gasteiger partial charge in [0.2, 0.25) is 0 Å². The summed E-state index contributed by atoms with van der Waals surface area (Å²) in [6.07, 6.45) is 3.36. The summed E-state index contributed by atoms with van der Waals surface area (Å²) in [6.45, 7) is 0. The van der Waals surface area contributed by atoms with E-state index in [1.807, 2.05) is 0 Å². The Morgan fingerprint density at radius 2 is 2.14 bits per heavy atom. The second kappa shape index (κ2) is 5.71. The van der Waals surface area contributed by atoms with Crippen LogP contribution in [0.2, 0.25) is 5.02 Å². The van der Waals surface area contributed by atoms with E-state index in [2.05, 4.69) is 36.8 Å². The number of aromatic nitrogens is 3. The summed E-state index contributed by atoms with van der Waals surface area (Å²) in [5.41, 5.74) is 1.70. The molecule has 8 heteroatoms. The molecule has 21 heavy (non-hydrogen) atoms. The Bertz CT molecular complexity index is 819. The first kappa shape index (κ1) is 13.8. The van der Waals surface area contributed by atoms with E-state index in [-0.39, 0.29) is 6.03 Å². The Morgan fingerprint density at radius 3 is 2.95 bits per heavy atom. The van der Waals surface area contributed by atoms with Crippen LogP contribution in [0.25, 0.3) is 5.65 Å². The van der Waals surface area contributed by atoms with Crippen molar-refractivity contribution in [1.82, 2.24) is 14.6 Å². The third kappa shape index (κ3) is 3.14. The molecule has 2 amide bonds. The SMILES string of the molecule is O=C(Nc1cccc(Cl)c1)Nc1cc(Br)cn2cnnc12. The number of rotatable bonds is 2. The minimum Gasteiger partial charge on any atom is -0.308 e. The highest BCUT2D eigenvalue weighted by atomic mass is 79.9. The van der Waals surface area contributed by atoms with Gasteiger partial charge in [0.25, 0.3) is 0 Å². The molecule has 2 aromatic heterocycles. The maximum Gasteiger partial charge on any atom is 0.323 e. The molecule has 0 saturated heterocycles. The second-order valence-electron chi connectivity index (χ2n) is 4.22. The summed E-state index contributed by atoms with van der Waals surface area (Å²) in [6, 6.07) is 8.27. The molecule has 2 N–H and O–H groups in total. The average Bonchev–Trinajstić information content (AvgIpc) is 2.86. The first-order valence-corrected chi connectivity index (χ1v) is 7.11. The fraction of sp³-hybridized carbons (Fsp3) is 0. The van der Waals surface area contributed by atoms with Gasteiger partial charge in [0.1, 0.15) is 6.33 Å². The molecule has 0 spiro atoms.